The number of anilines is 1. The second-order valence-electron chi connectivity index (χ2n) is 8.48. The molecule has 0 bridgehead atoms. The molecule has 1 aliphatic carbocycles. The Morgan fingerprint density at radius 2 is 1.83 bits per heavy atom. The van der Waals surface area contributed by atoms with Crippen LogP contribution in [-0.4, -0.2) is 40.8 Å². The van der Waals surface area contributed by atoms with E-state index in [1.807, 2.05) is 60.7 Å². The molecule has 1 amide bonds. The van der Waals surface area contributed by atoms with Crippen LogP contribution in [0.25, 0.3) is 22.5 Å². The van der Waals surface area contributed by atoms with Crippen molar-refractivity contribution in [1.29, 1.82) is 0 Å². The lowest BCUT2D eigenvalue weighted by atomic mass is 9.64. The largest absolute Gasteiger partial charge is 0.493 e. The Bertz CT molecular complexity index is 1370. The first-order chi connectivity index (χ1) is 17.0. The molecule has 4 aromatic rings. The molecule has 0 unspecified atom stereocenters. The van der Waals surface area contributed by atoms with Gasteiger partial charge in [0.2, 0.25) is 5.91 Å². The van der Waals surface area contributed by atoms with Crippen molar-refractivity contribution in [3.05, 3.63) is 71.2 Å². The van der Waals surface area contributed by atoms with E-state index in [0.29, 0.717) is 28.0 Å². The number of nitrogens with zero attached hydrogens (tertiary/aromatic N) is 3. The summed E-state index contributed by atoms with van der Waals surface area (Å²) in [6.07, 6.45) is 2.55. The number of amides is 1. The summed E-state index contributed by atoms with van der Waals surface area (Å²) in [7, 11) is 3.19. The van der Waals surface area contributed by atoms with Crippen LogP contribution in [0.2, 0.25) is 5.02 Å². The summed E-state index contributed by atoms with van der Waals surface area (Å²) in [5.41, 5.74) is 3.51. The maximum absolute atomic E-state index is 13.5. The monoisotopic (exact) mass is 489 g/mol. The van der Waals surface area contributed by atoms with Gasteiger partial charge >= 0.3 is 0 Å². The molecule has 1 heterocycles. The molecule has 1 aromatic heterocycles. The second-order valence-corrected chi connectivity index (χ2v) is 8.92. The molecule has 35 heavy (non-hydrogen) atoms. The number of aromatic nitrogens is 4. The smallest absolute Gasteiger partial charge is 0.235 e. The Labute approximate surface area is 207 Å². The molecule has 0 saturated heterocycles. The number of carbonyl (C=O) groups is 1. The third kappa shape index (κ3) is 4.21. The molecule has 9 heteroatoms. The minimum Gasteiger partial charge on any atom is -0.493 e. The lowest BCUT2D eigenvalue weighted by Gasteiger charge is -2.40. The van der Waals surface area contributed by atoms with E-state index < -0.39 is 5.41 Å². The van der Waals surface area contributed by atoms with Crippen LogP contribution in [0, 0.1) is 0 Å². The number of tetrazole rings is 1. The summed E-state index contributed by atoms with van der Waals surface area (Å²) in [5, 5.41) is 18.1. The van der Waals surface area contributed by atoms with Crippen molar-refractivity contribution < 1.29 is 14.3 Å². The average Bonchev–Trinajstić information content (AvgIpc) is 3.38. The van der Waals surface area contributed by atoms with Gasteiger partial charge in [0.15, 0.2) is 17.3 Å². The highest BCUT2D eigenvalue weighted by atomic mass is 35.5. The summed E-state index contributed by atoms with van der Waals surface area (Å²) >= 11 is 6.22. The summed E-state index contributed by atoms with van der Waals surface area (Å²) in [5.74, 6) is 1.68. The van der Waals surface area contributed by atoms with E-state index in [2.05, 4.69) is 25.9 Å². The van der Waals surface area contributed by atoms with Gasteiger partial charge in [-0.05, 0) is 76.4 Å². The van der Waals surface area contributed by atoms with Crippen LogP contribution in [0.1, 0.15) is 24.8 Å². The number of nitrogens with one attached hydrogen (secondary N) is 2. The molecule has 1 saturated carbocycles. The Balaban J connectivity index is 1.51. The molecule has 178 valence electrons. The first-order valence-corrected chi connectivity index (χ1v) is 11.6. The molecular weight excluding hydrogens is 466 g/mol. The minimum atomic E-state index is -0.582. The van der Waals surface area contributed by atoms with E-state index in [1.165, 1.54) is 0 Å². The zero-order valence-corrected chi connectivity index (χ0v) is 20.1. The number of benzene rings is 3. The van der Waals surface area contributed by atoms with Crippen LogP contribution in [-0.2, 0) is 10.2 Å². The highest BCUT2D eigenvalue weighted by Gasteiger charge is 2.45. The molecule has 8 nitrogen and oxygen atoms in total. The normalized spacial score (nSPS) is 14.1. The van der Waals surface area contributed by atoms with Crippen molar-refractivity contribution in [3.8, 4) is 34.0 Å². The summed E-state index contributed by atoms with van der Waals surface area (Å²) in [6.45, 7) is 0. The van der Waals surface area contributed by atoms with E-state index in [0.717, 1.165) is 41.5 Å². The van der Waals surface area contributed by atoms with Gasteiger partial charge in [0.25, 0.3) is 0 Å². The topological polar surface area (TPSA) is 102 Å². The van der Waals surface area contributed by atoms with Crippen LogP contribution in [0.15, 0.2) is 60.7 Å². The summed E-state index contributed by atoms with van der Waals surface area (Å²) < 4.78 is 10.8. The molecule has 0 radical (unpaired) electrons. The van der Waals surface area contributed by atoms with Crippen LogP contribution in [0.5, 0.6) is 11.5 Å². The Morgan fingerprint density at radius 1 is 1.00 bits per heavy atom. The molecule has 3 aromatic carbocycles. The quantitative estimate of drug-likeness (QED) is 0.367. The van der Waals surface area contributed by atoms with Gasteiger partial charge in [-0.2, -0.15) is 0 Å². The number of H-pyrrole nitrogens is 1. The second kappa shape index (κ2) is 9.38. The van der Waals surface area contributed by atoms with E-state index in [-0.39, 0.29) is 5.91 Å². The average molecular weight is 490 g/mol. The van der Waals surface area contributed by atoms with Gasteiger partial charge in [0.1, 0.15) is 0 Å². The number of ether oxygens (including phenoxy) is 2. The molecule has 0 atom stereocenters. The van der Waals surface area contributed by atoms with Crippen molar-refractivity contribution in [1.82, 2.24) is 20.6 Å². The third-order valence-electron chi connectivity index (χ3n) is 6.59. The number of methoxy groups -OCH3 is 2. The fourth-order valence-electron chi connectivity index (χ4n) is 4.56. The van der Waals surface area contributed by atoms with Crippen LogP contribution in [0.3, 0.4) is 0 Å². The SMILES string of the molecule is COc1ccc(-c2ccc(NC(=O)C3(c4cccc(Cl)c4)CCC3)cc2-c2nnn[nH]2)cc1OC. The van der Waals surface area contributed by atoms with Gasteiger partial charge in [-0.15, -0.1) is 5.10 Å². The van der Waals surface area contributed by atoms with E-state index in [4.69, 9.17) is 21.1 Å². The van der Waals surface area contributed by atoms with Crippen molar-refractivity contribution >= 4 is 23.2 Å². The van der Waals surface area contributed by atoms with Gasteiger partial charge in [-0.3, -0.25) is 4.79 Å². The summed E-state index contributed by atoms with van der Waals surface area (Å²) in [6, 6.07) is 18.9. The number of halogens is 1. The fourth-order valence-corrected chi connectivity index (χ4v) is 4.75. The first kappa shape index (κ1) is 22.9. The minimum absolute atomic E-state index is 0.0495. The Kier molecular flexibility index (Phi) is 6.13. The van der Waals surface area contributed by atoms with Crippen LogP contribution < -0.4 is 14.8 Å². The lowest BCUT2D eigenvalue weighted by molar-refractivity contribution is -0.124. The highest BCUT2D eigenvalue weighted by molar-refractivity contribution is 6.30. The number of hydrogen-bond donors (Lipinski definition) is 2. The van der Waals surface area contributed by atoms with Crippen molar-refractivity contribution in [2.45, 2.75) is 24.7 Å². The zero-order valence-electron chi connectivity index (χ0n) is 19.3. The fraction of sp³-hybridized carbons (Fsp3) is 0.231. The Hall–Kier alpha value is -3.91. The predicted octanol–water partition coefficient (Wildman–Crippen LogP) is 5.26. The van der Waals surface area contributed by atoms with E-state index >= 15 is 0 Å². The zero-order chi connectivity index (χ0) is 24.4. The number of rotatable bonds is 7. The molecule has 0 aliphatic heterocycles. The van der Waals surface area contributed by atoms with Gasteiger partial charge < -0.3 is 14.8 Å². The summed E-state index contributed by atoms with van der Waals surface area (Å²) in [4.78, 5) is 13.5. The first-order valence-electron chi connectivity index (χ1n) is 11.2. The van der Waals surface area contributed by atoms with Gasteiger partial charge in [-0.1, -0.05) is 42.3 Å². The molecular formula is C26H24ClN5O3. The molecule has 1 fully saturated rings. The molecule has 0 spiro atoms. The van der Waals surface area contributed by atoms with Crippen molar-refractivity contribution in [2.75, 3.05) is 19.5 Å². The molecule has 1 aliphatic rings. The van der Waals surface area contributed by atoms with Gasteiger partial charge in [0.05, 0.1) is 19.6 Å². The van der Waals surface area contributed by atoms with Gasteiger partial charge in [0, 0.05) is 16.3 Å². The van der Waals surface area contributed by atoms with Crippen molar-refractivity contribution in [3.63, 3.8) is 0 Å². The van der Waals surface area contributed by atoms with E-state index in [1.54, 1.807) is 14.2 Å². The number of aromatic amines is 1. The van der Waals surface area contributed by atoms with Crippen molar-refractivity contribution in [2.24, 2.45) is 0 Å². The molecule has 5 rings (SSSR count). The van der Waals surface area contributed by atoms with Crippen LogP contribution >= 0.6 is 11.6 Å². The maximum atomic E-state index is 13.5. The predicted molar refractivity (Wildman–Crippen MR) is 134 cm³/mol. The lowest BCUT2D eigenvalue weighted by Crippen LogP contribution is -2.46. The van der Waals surface area contributed by atoms with Crippen LogP contribution in [0.4, 0.5) is 5.69 Å². The highest BCUT2D eigenvalue weighted by Crippen LogP contribution is 2.45. The standard InChI is InChI=1S/C26H24ClN5O3/c1-34-22-10-7-16(13-23(22)35-2)20-9-8-19(15-21(20)24-29-31-32-30-24)28-25(33)26(11-4-12-26)17-5-3-6-18(27)14-17/h3,5-10,13-15H,4,11-12H2,1-2H3,(H,28,33)(H,29,30,31,32). The van der Waals surface area contributed by atoms with E-state index in [9.17, 15) is 4.79 Å². The number of hydrogen-bond acceptors (Lipinski definition) is 6. The maximum Gasteiger partial charge on any atom is 0.235 e. The Morgan fingerprint density at radius 3 is 2.49 bits per heavy atom. The van der Waals surface area contributed by atoms with Gasteiger partial charge in [-0.25, -0.2) is 5.10 Å². The third-order valence-corrected chi connectivity index (χ3v) is 6.83. The molecule has 2 N–H and O–H groups in total. The number of carbonyl (C=O) groups excluding carboxylic acids is 1.